The smallest absolute Gasteiger partial charge is 0.101 e. The topological polar surface area (TPSA) is 60.7 Å². The van der Waals surface area contributed by atoms with Gasteiger partial charge in [0.25, 0.3) is 0 Å². The summed E-state index contributed by atoms with van der Waals surface area (Å²) in [5.41, 5.74) is -1.05. The highest BCUT2D eigenvalue weighted by molar-refractivity contribution is 5.00. The van der Waals surface area contributed by atoms with Crippen molar-refractivity contribution in [3.8, 4) is 0 Å². The monoisotopic (exact) mass is 647 g/mol. The lowest BCUT2D eigenvalue weighted by molar-refractivity contribution is -0.0670. The summed E-state index contributed by atoms with van der Waals surface area (Å²) >= 11 is 0. The molecule has 0 aliphatic carbocycles. The Morgan fingerprint density at radius 2 is 0.717 bits per heavy atom. The van der Waals surface area contributed by atoms with Crippen molar-refractivity contribution >= 4 is 0 Å². The molecule has 0 aliphatic heterocycles. The van der Waals surface area contributed by atoms with Gasteiger partial charge in [-0.25, -0.2) is 0 Å². The first kappa shape index (κ1) is 45.1. The van der Waals surface area contributed by atoms with Crippen molar-refractivity contribution in [2.75, 3.05) is 6.61 Å². The zero-order chi connectivity index (χ0) is 33.7. The largest absolute Gasteiger partial charge is 0.396 e. The molecule has 272 valence electrons. The van der Waals surface area contributed by atoms with E-state index in [2.05, 4.69) is 38.2 Å². The molecule has 0 aromatic carbocycles. The van der Waals surface area contributed by atoms with E-state index in [1.807, 2.05) is 6.08 Å². The predicted molar refractivity (Wildman–Crippen MR) is 205 cm³/mol. The third kappa shape index (κ3) is 31.7. The third-order valence-corrected chi connectivity index (χ3v) is 9.66. The Kier molecular flexibility index (Phi) is 36.2. The van der Waals surface area contributed by atoms with Crippen molar-refractivity contribution < 1.29 is 15.3 Å². The minimum atomic E-state index is -1.05. The molecular weight excluding hydrogens is 564 g/mol. The molecule has 0 aliphatic rings. The van der Waals surface area contributed by atoms with Crippen LogP contribution < -0.4 is 0 Å². The van der Waals surface area contributed by atoms with Crippen LogP contribution in [0.2, 0.25) is 0 Å². The van der Waals surface area contributed by atoms with Crippen molar-refractivity contribution in [1.82, 2.24) is 0 Å². The van der Waals surface area contributed by atoms with Crippen LogP contribution in [0, 0.1) is 0 Å². The van der Waals surface area contributed by atoms with E-state index in [9.17, 15) is 10.2 Å². The molecule has 0 radical (unpaired) electrons. The zero-order valence-electron chi connectivity index (χ0n) is 31.2. The minimum absolute atomic E-state index is 0.0754. The number of aliphatic hydroxyl groups excluding tert-OH is 2. The molecule has 3 N–H and O–H groups in total. The standard InChI is InChI=1S/C43H82O3/c1-3-5-7-9-11-13-15-17-19-21-23-25-27-29-31-33-36-40-43(46,42(45)38-34-37-41-44)39-35-32-30-28-26-24-22-20-18-16-14-12-10-8-6-4-2/h17-20,34,38,42,44-46H,3-16,21-33,35-37,39-41H2,1-2H3. The molecule has 0 aromatic rings. The fourth-order valence-corrected chi connectivity index (χ4v) is 6.43. The van der Waals surface area contributed by atoms with E-state index in [-0.39, 0.29) is 6.61 Å². The van der Waals surface area contributed by atoms with Crippen LogP contribution in [0.15, 0.2) is 36.5 Å². The molecular formula is C43H82O3. The van der Waals surface area contributed by atoms with Gasteiger partial charge in [0.2, 0.25) is 0 Å². The van der Waals surface area contributed by atoms with E-state index in [1.54, 1.807) is 6.08 Å². The Labute approximate surface area is 288 Å². The van der Waals surface area contributed by atoms with E-state index in [4.69, 9.17) is 5.11 Å². The molecule has 0 amide bonds. The average molecular weight is 647 g/mol. The van der Waals surface area contributed by atoms with Gasteiger partial charge in [0, 0.05) is 6.61 Å². The third-order valence-electron chi connectivity index (χ3n) is 9.66. The first-order chi connectivity index (χ1) is 22.6. The summed E-state index contributed by atoms with van der Waals surface area (Å²) in [6.45, 7) is 4.63. The van der Waals surface area contributed by atoms with Gasteiger partial charge in [0.1, 0.15) is 6.10 Å². The number of hydrogen-bond donors (Lipinski definition) is 3. The molecule has 0 saturated carbocycles. The van der Waals surface area contributed by atoms with E-state index in [0.717, 1.165) is 25.7 Å². The summed E-state index contributed by atoms with van der Waals surface area (Å²) in [6, 6.07) is 0. The molecule has 3 heteroatoms. The van der Waals surface area contributed by atoms with Gasteiger partial charge in [-0.2, -0.15) is 0 Å². The molecule has 0 aromatic heterocycles. The van der Waals surface area contributed by atoms with Crippen molar-refractivity contribution in [2.45, 2.75) is 231 Å². The fraction of sp³-hybridized carbons (Fsp3) is 0.860. The SMILES string of the molecule is CCCCCCCCC=CCCCCCCCCCC(O)(CCCCCCCCC=CCCCCCCCC)C(O)C=CCCO. The average Bonchev–Trinajstić information content (AvgIpc) is 3.06. The second kappa shape index (κ2) is 36.9. The van der Waals surface area contributed by atoms with Gasteiger partial charge in [-0.15, -0.1) is 0 Å². The number of allylic oxidation sites excluding steroid dienone is 4. The second-order valence-corrected chi connectivity index (χ2v) is 14.2. The highest BCUT2D eigenvalue weighted by Crippen LogP contribution is 2.28. The lowest BCUT2D eigenvalue weighted by atomic mass is 9.84. The normalized spacial score (nSPS) is 14.3. The number of rotatable bonds is 37. The van der Waals surface area contributed by atoms with Crippen LogP contribution in [-0.2, 0) is 0 Å². The summed E-state index contributed by atoms with van der Waals surface area (Å²) in [6.07, 6.45) is 51.1. The van der Waals surface area contributed by atoms with Gasteiger partial charge in [0.05, 0.1) is 5.60 Å². The van der Waals surface area contributed by atoms with Crippen molar-refractivity contribution in [3.63, 3.8) is 0 Å². The van der Waals surface area contributed by atoms with Crippen LogP contribution in [0.4, 0.5) is 0 Å². The van der Waals surface area contributed by atoms with Gasteiger partial charge < -0.3 is 15.3 Å². The molecule has 0 fully saturated rings. The first-order valence-electron chi connectivity index (χ1n) is 20.6. The highest BCUT2D eigenvalue weighted by Gasteiger charge is 2.32. The minimum Gasteiger partial charge on any atom is -0.396 e. The summed E-state index contributed by atoms with van der Waals surface area (Å²) in [4.78, 5) is 0. The Balaban J connectivity index is 3.98. The Morgan fingerprint density at radius 3 is 1.04 bits per heavy atom. The zero-order valence-corrected chi connectivity index (χ0v) is 31.2. The van der Waals surface area contributed by atoms with Crippen LogP contribution in [0.5, 0.6) is 0 Å². The molecule has 0 heterocycles. The summed E-state index contributed by atoms with van der Waals surface area (Å²) in [7, 11) is 0. The fourth-order valence-electron chi connectivity index (χ4n) is 6.43. The molecule has 0 spiro atoms. The summed E-state index contributed by atoms with van der Waals surface area (Å²) < 4.78 is 0. The molecule has 0 bridgehead atoms. The maximum Gasteiger partial charge on any atom is 0.101 e. The highest BCUT2D eigenvalue weighted by atomic mass is 16.3. The lowest BCUT2D eigenvalue weighted by Crippen LogP contribution is -2.41. The van der Waals surface area contributed by atoms with Gasteiger partial charge in [0.15, 0.2) is 0 Å². The molecule has 2 unspecified atom stereocenters. The van der Waals surface area contributed by atoms with Crippen LogP contribution in [0.1, 0.15) is 219 Å². The van der Waals surface area contributed by atoms with E-state index < -0.39 is 11.7 Å². The van der Waals surface area contributed by atoms with Crippen molar-refractivity contribution in [2.24, 2.45) is 0 Å². The number of unbranched alkanes of at least 4 members (excludes halogenated alkanes) is 25. The van der Waals surface area contributed by atoms with E-state index in [1.165, 1.54) is 161 Å². The van der Waals surface area contributed by atoms with Crippen molar-refractivity contribution in [3.05, 3.63) is 36.5 Å². The van der Waals surface area contributed by atoms with Gasteiger partial charge in [-0.1, -0.05) is 185 Å². The van der Waals surface area contributed by atoms with Crippen molar-refractivity contribution in [1.29, 1.82) is 0 Å². The number of aliphatic hydroxyl groups is 3. The van der Waals surface area contributed by atoms with Gasteiger partial charge >= 0.3 is 0 Å². The molecule has 2 atom stereocenters. The lowest BCUT2D eigenvalue weighted by Gasteiger charge is -2.32. The predicted octanol–water partition coefficient (Wildman–Crippen LogP) is 13.3. The van der Waals surface area contributed by atoms with Crippen LogP contribution in [0.25, 0.3) is 0 Å². The van der Waals surface area contributed by atoms with Crippen LogP contribution in [-0.4, -0.2) is 33.6 Å². The van der Waals surface area contributed by atoms with Gasteiger partial charge in [-0.05, 0) is 70.6 Å². The van der Waals surface area contributed by atoms with E-state index >= 15 is 0 Å². The summed E-state index contributed by atoms with van der Waals surface area (Å²) in [5.74, 6) is 0. The van der Waals surface area contributed by atoms with Gasteiger partial charge in [-0.3, -0.25) is 0 Å². The van der Waals surface area contributed by atoms with Crippen LogP contribution in [0.3, 0.4) is 0 Å². The quantitative estimate of drug-likeness (QED) is 0.0465. The maximum absolute atomic E-state index is 11.4. The maximum atomic E-state index is 11.4. The second-order valence-electron chi connectivity index (χ2n) is 14.2. The molecule has 3 nitrogen and oxygen atoms in total. The Hall–Kier alpha value is -0.900. The molecule has 0 saturated heterocycles. The Bertz CT molecular complexity index is 669. The molecule has 0 rings (SSSR count). The first-order valence-corrected chi connectivity index (χ1v) is 20.6. The molecule has 46 heavy (non-hydrogen) atoms. The van der Waals surface area contributed by atoms with Crippen LogP contribution >= 0.6 is 0 Å². The summed E-state index contributed by atoms with van der Waals surface area (Å²) in [5, 5.41) is 31.4. The van der Waals surface area contributed by atoms with E-state index in [0.29, 0.717) is 19.3 Å². The Morgan fingerprint density at radius 1 is 0.413 bits per heavy atom. The number of hydrogen-bond acceptors (Lipinski definition) is 3.